The van der Waals surface area contributed by atoms with Crippen LogP contribution in [0.2, 0.25) is 0 Å². The maximum absolute atomic E-state index is 9.08. The molecule has 0 heterocycles. The molecule has 2 atom stereocenters. The minimum atomic E-state index is 0.298. The van der Waals surface area contributed by atoms with Gasteiger partial charge in [0, 0.05) is 24.6 Å². The number of hydrogen-bond donors (Lipinski definition) is 2. The zero-order valence-corrected chi connectivity index (χ0v) is 10.6. The molecule has 0 amide bonds. The van der Waals surface area contributed by atoms with E-state index in [1.165, 1.54) is 25.7 Å². The van der Waals surface area contributed by atoms with Gasteiger partial charge in [-0.25, -0.2) is 0 Å². The standard InChI is InChI=1S/C14H25NO/c1-14(2)7-5-12(6-8-14)15-13-4-3-11(9-13)10-16/h3-4,11-13,15-16H,5-10H2,1-2H3/t11-,13+/m0/s1. The van der Waals surface area contributed by atoms with Crippen LogP contribution in [0.3, 0.4) is 0 Å². The lowest BCUT2D eigenvalue weighted by Crippen LogP contribution is -2.40. The van der Waals surface area contributed by atoms with Crippen molar-refractivity contribution in [3.05, 3.63) is 12.2 Å². The van der Waals surface area contributed by atoms with Crippen LogP contribution >= 0.6 is 0 Å². The van der Waals surface area contributed by atoms with Crippen molar-refractivity contribution in [2.75, 3.05) is 6.61 Å². The zero-order chi connectivity index (χ0) is 11.6. The maximum Gasteiger partial charge on any atom is 0.0494 e. The molecule has 16 heavy (non-hydrogen) atoms. The van der Waals surface area contributed by atoms with Crippen molar-refractivity contribution >= 4 is 0 Å². The third-order valence-corrected chi connectivity index (χ3v) is 4.20. The third kappa shape index (κ3) is 3.08. The van der Waals surface area contributed by atoms with E-state index in [9.17, 15) is 0 Å². The van der Waals surface area contributed by atoms with Gasteiger partial charge in [-0.05, 0) is 37.5 Å². The van der Waals surface area contributed by atoms with Gasteiger partial charge < -0.3 is 10.4 Å². The fraction of sp³-hybridized carbons (Fsp3) is 0.857. The second-order valence-electron chi connectivity index (χ2n) is 6.27. The van der Waals surface area contributed by atoms with Gasteiger partial charge in [0.2, 0.25) is 0 Å². The molecule has 0 spiro atoms. The molecule has 0 bridgehead atoms. The summed E-state index contributed by atoms with van der Waals surface area (Å²) in [6.07, 6.45) is 10.8. The number of aliphatic hydroxyl groups excluding tert-OH is 1. The molecule has 0 aromatic rings. The minimum absolute atomic E-state index is 0.298. The van der Waals surface area contributed by atoms with Crippen molar-refractivity contribution in [2.24, 2.45) is 11.3 Å². The van der Waals surface area contributed by atoms with E-state index in [1.54, 1.807) is 0 Å². The van der Waals surface area contributed by atoms with Gasteiger partial charge in [-0.1, -0.05) is 26.0 Å². The Hall–Kier alpha value is -0.340. The van der Waals surface area contributed by atoms with Gasteiger partial charge in [-0.2, -0.15) is 0 Å². The van der Waals surface area contributed by atoms with E-state index in [4.69, 9.17) is 5.11 Å². The summed E-state index contributed by atoms with van der Waals surface area (Å²) < 4.78 is 0. The fourth-order valence-corrected chi connectivity index (χ4v) is 2.90. The summed E-state index contributed by atoms with van der Waals surface area (Å²) >= 11 is 0. The van der Waals surface area contributed by atoms with Crippen molar-refractivity contribution in [1.82, 2.24) is 5.32 Å². The first-order valence-electron chi connectivity index (χ1n) is 6.64. The second kappa shape index (κ2) is 4.89. The Labute approximate surface area is 99.1 Å². The lowest BCUT2D eigenvalue weighted by Gasteiger charge is -2.35. The summed E-state index contributed by atoms with van der Waals surface area (Å²) in [6, 6.07) is 1.20. The van der Waals surface area contributed by atoms with E-state index >= 15 is 0 Å². The van der Waals surface area contributed by atoms with Crippen LogP contribution < -0.4 is 5.32 Å². The Bertz CT molecular complexity index is 249. The van der Waals surface area contributed by atoms with E-state index in [2.05, 4.69) is 31.3 Å². The molecule has 1 saturated carbocycles. The van der Waals surface area contributed by atoms with Crippen LogP contribution in [0.15, 0.2) is 12.2 Å². The average Bonchev–Trinajstić information content (AvgIpc) is 2.69. The average molecular weight is 223 g/mol. The quantitative estimate of drug-likeness (QED) is 0.720. The Morgan fingerprint density at radius 2 is 1.94 bits per heavy atom. The fourth-order valence-electron chi connectivity index (χ4n) is 2.90. The van der Waals surface area contributed by atoms with Crippen LogP contribution in [0.5, 0.6) is 0 Å². The second-order valence-corrected chi connectivity index (χ2v) is 6.27. The molecule has 2 aliphatic rings. The van der Waals surface area contributed by atoms with E-state index in [0.29, 0.717) is 30.0 Å². The van der Waals surface area contributed by atoms with E-state index in [1.807, 2.05) is 0 Å². The molecule has 2 heteroatoms. The van der Waals surface area contributed by atoms with Crippen molar-refractivity contribution < 1.29 is 5.11 Å². The SMILES string of the molecule is CC1(C)CCC(N[C@@H]2C=C[C@H](CO)C2)CC1. The summed E-state index contributed by atoms with van der Waals surface area (Å²) in [5.74, 6) is 0.387. The van der Waals surface area contributed by atoms with Gasteiger partial charge >= 0.3 is 0 Å². The first-order chi connectivity index (χ1) is 7.59. The zero-order valence-electron chi connectivity index (χ0n) is 10.6. The van der Waals surface area contributed by atoms with Crippen LogP contribution in [0.25, 0.3) is 0 Å². The molecule has 2 aliphatic carbocycles. The van der Waals surface area contributed by atoms with Crippen LogP contribution in [0, 0.1) is 11.3 Å². The highest BCUT2D eigenvalue weighted by Gasteiger charge is 2.28. The number of nitrogens with one attached hydrogen (secondary N) is 1. The largest absolute Gasteiger partial charge is 0.396 e. The van der Waals surface area contributed by atoms with E-state index in [-0.39, 0.29) is 0 Å². The third-order valence-electron chi connectivity index (χ3n) is 4.20. The molecule has 0 saturated heterocycles. The summed E-state index contributed by atoms with van der Waals surface area (Å²) in [4.78, 5) is 0. The Kier molecular flexibility index (Phi) is 3.70. The maximum atomic E-state index is 9.08. The highest BCUT2D eigenvalue weighted by molar-refractivity contribution is 5.06. The predicted octanol–water partition coefficient (Wildman–Crippen LogP) is 2.48. The number of rotatable bonds is 3. The molecule has 1 fully saturated rings. The summed E-state index contributed by atoms with van der Waals surface area (Å²) in [5, 5.41) is 12.8. The lowest BCUT2D eigenvalue weighted by atomic mass is 9.75. The van der Waals surface area contributed by atoms with Crippen LogP contribution in [-0.2, 0) is 0 Å². The van der Waals surface area contributed by atoms with Gasteiger partial charge in [-0.15, -0.1) is 0 Å². The first-order valence-corrected chi connectivity index (χ1v) is 6.64. The molecule has 0 aromatic carbocycles. The molecule has 0 unspecified atom stereocenters. The van der Waals surface area contributed by atoms with Gasteiger partial charge in [0.15, 0.2) is 0 Å². The molecule has 2 N–H and O–H groups in total. The van der Waals surface area contributed by atoms with Gasteiger partial charge in [0.05, 0.1) is 0 Å². The minimum Gasteiger partial charge on any atom is -0.396 e. The highest BCUT2D eigenvalue weighted by Crippen LogP contribution is 2.35. The molecule has 0 aromatic heterocycles. The smallest absolute Gasteiger partial charge is 0.0494 e. The predicted molar refractivity (Wildman–Crippen MR) is 67.3 cm³/mol. The molecule has 2 rings (SSSR count). The Morgan fingerprint density at radius 3 is 2.50 bits per heavy atom. The Balaban J connectivity index is 1.74. The molecule has 0 aliphatic heterocycles. The van der Waals surface area contributed by atoms with Crippen LogP contribution in [0.1, 0.15) is 46.0 Å². The van der Waals surface area contributed by atoms with E-state index in [0.717, 1.165) is 6.42 Å². The van der Waals surface area contributed by atoms with Crippen LogP contribution in [0.4, 0.5) is 0 Å². The molecule has 2 nitrogen and oxygen atoms in total. The van der Waals surface area contributed by atoms with Crippen molar-refractivity contribution in [2.45, 2.75) is 58.0 Å². The van der Waals surface area contributed by atoms with Crippen LogP contribution in [-0.4, -0.2) is 23.8 Å². The highest BCUT2D eigenvalue weighted by atomic mass is 16.3. The van der Waals surface area contributed by atoms with E-state index < -0.39 is 0 Å². The number of hydrogen-bond acceptors (Lipinski definition) is 2. The number of aliphatic hydroxyl groups is 1. The molecular formula is C14H25NO. The van der Waals surface area contributed by atoms with Crippen molar-refractivity contribution in [3.63, 3.8) is 0 Å². The van der Waals surface area contributed by atoms with Gasteiger partial charge in [0.1, 0.15) is 0 Å². The summed E-state index contributed by atoms with van der Waals surface area (Å²) in [7, 11) is 0. The lowest BCUT2D eigenvalue weighted by molar-refractivity contribution is 0.197. The summed E-state index contributed by atoms with van der Waals surface area (Å²) in [6.45, 7) is 5.05. The van der Waals surface area contributed by atoms with Gasteiger partial charge in [0.25, 0.3) is 0 Å². The van der Waals surface area contributed by atoms with Crippen molar-refractivity contribution in [3.8, 4) is 0 Å². The topological polar surface area (TPSA) is 32.3 Å². The van der Waals surface area contributed by atoms with Crippen molar-refractivity contribution in [1.29, 1.82) is 0 Å². The molecular weight excluding hydrogens is 198 g/mol. The molecule has 92 valence electrons. The first kappa shape index (κ1) is 12.1. The normalized spacial score (nSPS) is 34.4. The molecule has 0 radical (unpaired) electrons. The monoisotopic (exact) mass is 223 g/mol. The Morgan fingerprint density at radius 1 is 1.25 bits per heavy atom. The summed E-state index contributed by atoms with van der Waals surface area (Å²) in [5.41, 5.74) is 0.553. The van der Waals surface area contributed by atoms with Gasteiger partial charge in [-0.3, -0.25) is 0 Å².